The summed E-state index contributed by atoms with van der Waals surface area (Å²) < 4.78 is 2.37. The van der Waals surface area contributed by atoms with Gasteiger partial charge in [0.05, 0.1) is 17.6 Å². The lowest BCUT2D eigenvalue weighted by Crippen LogP contribution is -2.48. The van der Waals surface area contributed by atoms with Crippen molar-refractivity contribution in [3.63, 3.8) is 0 Å². The minimum Gasteiger partial charge on any atom is -0.309 e. The highest BCUT2D eigenvalue weighted by Gasteiger charge is 2.51. The van der Waals surface area contributed by atoms with E-state index in [-0.39, 0.29) is 0 Å². The minimum absolute atomic E-state index is 0.408. The summed E-state index contributed by atoms with van der Waals surface area (Å²) in [5, 5.41) is 4.48. The zero-order valence-electron chi connectivity index (χ0n) is 36.0. The molecule has 0 atom stereocenters. The van der Waals surface area contributed by atoms with Crippen LogP contribution in [0.15, 0.2) is 182 Å². The quantitative estimate of drug-likeness (QED) is 0.150. The Morgan fingerprint density at radius 2 is 1.02 bits per heavy atom. The Kier molecular flexibility index (Phi) is 8.71. The van der Waals surface area contributed by atoms with Gasteiger partial charge in [-0.05, 0) is 137 Å². The van der Waals surface area contributed by atoms with Crippen molar-refractivity contribution in [1.82, 2.24) is 19.5 Å². The first-order chi connectivity index (χ1) is 32.0. The van der Waals surface area contributed by atoms with Crippen molar-refractivity contribution in [2.24, 2.45) is 17.8 Å². The number of rotatable bonds is 7. The first kappa shape index (κ1) is 37.8. The van der Waals surface area contributed by atoms with Gasteiger partial charge in [-0.25, -0.2) is 19.8 Å². The number of para-hydroxylation sites is 1. The molecule has 5 nitrogen and oxygen atoms in total. The lowest BCUT2D eigenvalue weighted by Gasteiger charge is -2.57. The second-order valence-electron chi connectivity index (χ2n) is 19.0. The highest BCUT2D eigenvalue weighted by atomic mass is 15.0. The Bertz CT molecular complexity index is 3470. The molecule has 0 spiro atoms. The lowest BCUT2D eigenvalue weighted by atomic mass is 9.48. The maximum absolute atomic E-state index is 7.55. The van der Waals surface area contributed by atoms with Gasteiger partial charge in [0.2, 0.25) is 0 Å². The molecule has 0 aliphatic heterocycles. The zero-order valence-corrected chi connectivity index (χ0v) is 36.0. The van der Waals surface area contributed by atoms with Gasteiger partial charge in [0, 0.05) is 33.2 Å². The molecule has 10 aromatic rings. The third kappa shape index (κ3) is 6.47. The number of nitrogens with zero attached hydrogens (tertiary/aromatic N) is 5. The van der Waals surface area contributed by atoms with Crippen molar-refractivity contribution in [2.75, 3.05) is 0 Å². The number of aromatic nitrogens is 4. The summed E-state index contributed by atoms with van der Waals surface area (Å²) in [4.78, 5) is 19.2. The number of fused-ring (bicyclic) bond motifs is 4. The van der Waals surface area contributed by atoms with Gasteiger partial charge in [-0.2, -0.15) is 0 Å². The summed E-state index contributed by atoms with van der Waals surface area (Å²) in [5.41, 5.74) is 13.3. The van der Waals surface area contributed by atoms with Gasteiger partial charge < -0.3 is 4.57 Å². The van der Waals surface area contributed by atoms with E-state index in [1.807, 2.05) is 30.3 Å². The average molecular weight is 836 g/mol. The van der Waals surface area contributed by atoms with Crippen LogP contribution >= 0.6 is 0 Å². The molecule has 2 aromatic heterocycles. The van der Waals surface area contributed by atoms with Crippen LogP contribution in [0.1, 0.15) is 44.1 Å². The molecule has 8 aromatic carbocycles. The lowest BCUT2D eigenvalue weighted by molar-refractivity contribution is -0.00518. The van der Waals surface area contributed by atoms with Crippen LogP contribution in [-0.4, -0.2) is 19.5 Å². The van der Waals surface area contributed by atoms with Crippen LogP contribution in [0.2, 0.25) is 0 Å². The largest absolute Gasteiger partial charge is 0.309 e. The van der Waals surface area contributed by atoms with E-state index in [4.69, 9.17) is 21.5 Å². The molecule has 4 bridgehead atoms. The summed E-state index contributed by atoms with van der Waals surface area (Å²) in [5.74, 6) is 4.57. The van der Waals surface area contributed by atoms with E-state index in [1.165, 1.54) is 55.2 Å². The van der Waals surface area contributed by atoms with Gasteiger partial charge in [-0.3, -0.25) is 0 Å². The maximum atomic E-state index is 7.55. The average Bonchev–Trinajstić information content (AvgIpc) is 3.70. The normalized spacial score (nSPS) is 19.8. The first-order valence-corrected chi connectivity index (χ1v) is 23.1. The van der Waals surface area contributed by atoms with Gasteiger partial charge >= 0.3 is 0 Å². The Morgan fingerprint density at radius 3 is 1.72 bits per heavy atom. The highest BCUT2D eigenvalue weighted by molar-refractivity contribution is 6.15. The predicted molar refractivity (Wildman–Crippen MR) is 265 cm³/mol. The summed E-state index contributed by atoms with van der Waals surface area (Å²) in [6.07, 6.45) is 8.59. The van der Waals surface area contributed by atoms with Crippen LogP contribution in [-0.2, 0) is 5.41 Å². The van der Waals surface area contributed by atoms with Gasteiger partial charge in [0.25, 0.3) is 0 Å². The van der Waals surface area contributed by atoms with Crippen molar-refractivity contribution < 1.29 is 0 Å². The molecule has 4 aliphatic rings. The van der Waals surface area contributed by atoms with Gasteiger partial charge in [-0.1, -0.05) is 146 Å². The van der Waals surface area contributed by atoms with Crippen LogP contribution in [0.5, 0.6) is 0 Å². The molecule has 5 heteroatoms. The molecule has 65 heavy (non-hydrogen) atoms. The summed E-state index contributed by atoms with van der Waals surface area (Å²) in [6.45, 7) is 7.55. The van der Waals surface area contributed by atoms with Crippen LogP contribution < -0.4 is 0 Å². The Balaban J connectivity index is 0.903. The minimum atomic E-state index is 0.408. The SMILES string of the molecule is [C-]#[N+]c1ccc(-c2nc(-c3ccc4ccc(-c5ccccc5)cc4c3)nc(-c3cccc4c3c3ccccc3n4-c3ccc(-c4ccc(C56CC7CC(CC(C7)C5)C6)cc4)cc3)n2)cc1. The topological polar surface area (TPSA) is 48.0 Å². The van der Waals surface area contributed by atoms with Crippen LogP contribution in [0.4, 0.5) is 5.69 Å². The fourth-order valence-electron chi connectivity index (χ4n) is 12.4. The zero-order chi connectivity index (χ0) is 43.1. The van der Waals surface area contributed by atoms with E-state index in [2.05, 4.69) is 161 Å². The smallest absolute Gasteiger partial charge is 0.187 e. The third-order valence-electron chi connectivity index (χ3n) is 15.0. The van der Waals surface area contributed by atoms with Crippen molar-refractivity contribution in [3.05, 3.63) is 199 Å². The molecule has 4 saturated carbocycles. The molecule has 4 fully saturated rings. The monoisotopic (exact) mass is 835 g/mol. The van der Waals surface area contributed by atoms with Crippen molar-refractivity contribution in [1.29, 1.82) is 0 Å². The molecule has 310 valence electrons. The second-order valence-corrected chi connectivity index (χ2v) is 19.0. The van der Waals surface area contributed by atoms with Crippen molar-refractivity contribution in [2.45, 2.75) is 43.9 Å². The number of hydrogen-bond donors (Lipinski definition) is 0. The molecule has 0 N–H and O–H groups in total. The fourth-order valence-corrected chi connectivity index (χ4v) is 12.4. The van der Waals surface area contributed by atoms with E-state index in [0.717, 1.165) is 78.3 Å². The Morgan fingerprint density at radius 1 is 0.462 bits per heavy atom. The molecular formula is C60H45N5. The van der Waals surface area contributed by atoms with E-state index < -0.39 is 0 Å². The molecule has 0 saturated heterocycles. The van der Waals surface area contributed by atoms with E-state index in [0.29, 0.717) is 28.6 Å². The molecule has 2 heterocycles. The molecular weight excluding hydrogens is 791 g/mol. The number of benzene rings is 8. The summed E-state index contributed by atoms with van der Waals surface area (Å²) in [7, 11) is 0. The van der Waals surface area contributed by atoms with Crippen LogP contribution in [0, 0.1) is 24.3 Å². The highest BCUT2D eigenvalue weighted by Crippen LogP contribution is 2.60. The number of hydrogen-bond acceptors (Lipinski definition) is 3. The first-order valence-electron chi connectivity index (χ1n) is 23.1. The van der Waals surface area contributed by atoms with Gasteiger partial charge in [0.1, 0.15) is 0 Å². The fraction of sp³-hybridized carbons (Fsp3) is 0.167. The van der Waals surface area contributed by atoms with Crippen LogP contribution in [0.3, 0.4) is 0 Å². The molecule has 0 unspecified atom stereocenters. The molecule has 0 amide bonds. The predicted octanol–water partition coefficient (Wildman–Crippen LogP) is 15.5. The summed E-state index contributed by atoms with van der Waals surface area (Å²) in [6, 6.07) is 64.8. The van der Waals surface area contributed by atoms with Gasteiger partial charge in [-0.15, -0.1) is 0 Å². The second kappa shape index (κ2) is 15.0. The van der Waals surface area contributed by atoms with Gasteiger partial charge in [0.15, 0.2) is 23.2 Å². The Hall–Kier alpha value is -7.68. The van der Waals surface area contributed by atoms with E-state index >= 15 is 0 Å². The standard InChI is InChI=1S/C60H45N5/c1-61-50-26-20-45(21-27-50)57-62-58(47-17-15-44-14-16-46(33-48(44)34-47)41-8-3-2-4-9-41)64-59(63-57)53-11-7-13-55-56(53)52-10-5-6-12-54(52)65(55)51-28-22-43(23-29-51)42-18-24-49(25-19-42)60-35-38-30-39(36-60)32-40(31-38)37-60/h2-29,33-34,38-40H,30-32,35-37H2. The van der Waals surface area contributed by atoms with E-state index in [9.17, 15) is 0 Å². The molecule has 0 radical (unpaired) electrons. The molecule has 4 aliphatic carbocycles. The summed E-state index contributed by atoms with van der Waals surface area (Å²) >= 11 is 0. The van der Waals surface area contributed by atoms with E-state index in [1.54, 1.807) is 5.56 Å². The third-order valence-corrected chi connectivity index (χ3v) is 15.0. The maximum Gasteiger partial charge on any atom is 0.187 e. The van der Waals surface area contributed by atoms with Crippen LogP contribution in [0.25, 0.3) is 99.5 Å². The van der Waals surface area contributed by atoms with Crippen molar-refractivity contribution >= 4 is 38.3 Å². The van der Waals surface area contributed by atoms with Crippen molar-refractivity contribution in [3.8, 4) is 62.1 Å². The molecule has 14 rings (SSSR count). The Labute approximate surface area is 378 Å².